The van der Waals surface area contributed by atoms with Gasteiger partial charge < -0.3 is 48.4 Å². The van der Waals surface area contributed by atoms with Crippen LogP contribution in [0.2, 0.25) is 0 Å². The maximum atomic E-state index is 14.6. The lowest BCUT2D eigenvalue weighted by Crippen LogP contribution is -2.56. The third kappa shape index (κ3) is 8.98. The Balaban J connectivity index is 0.870. The standard InChI is InChI=1S/C50H55N7O10/c1-4-63-33-14-11-29(12-15-33)23-36(54-50(60)67-41-25-51-46-44(41)52-27-53-45(46)42-38(64-26-30-9-10-30)17-18-39-47(42)66-28-65-39)49(59)56-21-19-32(20-22-56)57-48(58)35-8-6-5-7-34(35)43(55-57)31-13-16-37(61-2)40(24-31)62-3/h11-18,24-25,27,30,32,34-36,51H,4-10,19-23,26,28H2,1-3H3,(H,54,60)/t34-,35+,36+/m0/s1. The van der Waals surface area contributed by atoms with Gasteiger partial charge in [0.25, 0.3) is 0 Å². The number of aromatic nitrogens is 3. The fourth-order valence-electron chi connectivity index (χ4n) is 9.81. The molecule has 2 aromatic heterocycles. The molecule has 10 rings (SSSR count). The second-order valence-corrected chi connectivity index (χ2v) is 17.7. The Hall–Kier alpha value is -7.04. The molecule has 67 heavy (non-hydrogen) atoms. The first-order valence-corrected chi connectivity index (χ1v) is 23.3. The van der Waals surface area contributed by atoms with Crippen LogP contribution < -0.4 is 38.5 Å². The van der Waals surface area contributed by atoms with Crippen molar-refractivity contribution in [2.75, 3.05) is 47.3 Å². The number of methoxy groups -OCH3 is 2. The monoisotopic (exact) mass is 913 g/mol. The number of fused-ring (bicyclic) bond motifs is 3. The second kappa shape index (κ2) is 19.1. The molecule has 1 saturated heterocycles. The third-order valence-corrected chi connectivity index (χ3v) is 13.5. The van der Waals surface area contributed by atoms with E-state index < -0.39 is 12.1 Å². The molecule has 3 atom stereocenters. The van der Waals surface area contributed by atoms with Gasteiger partial charge in [0.1, 0.15) is 35.1 Å². The molecule has 0 spiro atoms. The van der Waals surface area contributed by atoms with Gasteiger partial charge >= 0.3 is 6.09 Å². The number of carbonyl (C=O) groups is 3. The van der Waals surface area contributed by atoms with Gasteiger partial charge in [0.05, 0.1) is 50.3 Å². The number of piperidine rings is 1. The molecule has 2 saturated carbocycles. The van der Waals surface area contributed by atoms with Crippen LogP contribution in [0, 0.1) is 17.8 Å². The Bertz CT molecular complexity index is 2680. The fraction of sp³-hybridized carbons (Fsp3) is 0.440. The first-order valence-electron chi connectivity index (χ1n) is 23.3. The van der Waals surface area contributed by atoms with E-state index in [9.17, 15) is 14.4 Å². The van der Waals surface area contributed by atoms with Crippen LogP contribution >= 0.6 is 0 Å². The molecule has 0 radical (unpaired) electrons. The summed E-state index contributed by atoms with van der Waals surface area (Å²) in [5.41, 5.74) is 4.57. The van der Waals surface area contributed by atoms with E-state index >= 15 is 0 Å². The van der Waals surface area contributed by atoms with Crippen LogP contribution in [0.3, 0.4) is 0 Å². The zero-order chi connectivity index (χ0) is 46.0. The van der Waals surface area contributed by atoms with Crippen molar-refractivity contribution in [2.24, 2.45) is 22.9 Å². The smallest absolute Gasteiger partial charge is 0.413 e. The van der Waals surface area contributed by atoms with Crippen LogP contribution in [0.25, 0.3) is 22.3 Å². The number of nitrogens with one attached hydrogen (secondary N) is 2. The van der Waals surface area contributed by atoms with Gasteiger partial charge in [-0.05, 0) is 99.4 Å². The zero-order valence-corrected chi connectivity index (χ0v) is 38.0. The maximum Gasteiger partial charge on any atom is 0.413 e. The zero-order valence-electron chi connectivity index (χ0n) is 38.0. The van der Waals surface area contributed by atoms with Gasteiger partial charge in [0.2, 0.25) is 18.6 Å². The van der Waals surface area contributed by atoms with E-state index in [0.29, 0.717) is 102 Å². The highest BCUT2D eigenvalue weighted by Gasteiger charge is 2.44. The van der Waals surface area contributed by atoms with Gasteiger partial charge in [-0.2, -0.15) is 5.10 Å². The molecule has 350 valence electrons. The van der Waals surface area contributed by atoms with Crippen molar-refractivity contribution in [2.45, 2.75) is 76.8 Å². The molecule has 17 nitrogen and oxygen atoms in total. The third-order valence-electron chi connectivity index (χ3n) is 13.5. The first-order chi connectivity index (χ1) is 32.8. The van der Waals surface area contributed by atoms with E-state index in [1.165, 1.54) is 12.5 Å². The quantitative estimate of drug-likeness (QED) is 0.107. The Morgan fingerprint density at radius 3 is 2.40 bits per heavy atom. The Morgan fingerprint density at radius 2 is 1.64 bits per heavy atom. The van der Waals surface area contributed by atoms with Crippen molar-refractivity contribution >= 4 is 34.7 Å². The maximum absolute atomic E-state index is 14.6. The predicted octanol–water partition coefficient (Wildman–Crippen LogP) is 7.30. The number of hydrogen-bond acceptors (Lipinski definition) is 13. The number of carbonyl (C=O) groups excluding carboxylic acids is 3. The molecule has 17 heteroatoms. The number of aromatic amines is 1. The summed E-state index contributed by atoms with van der Waals surface area (Å²) < 4.78 is 40.6. The van der Waals surface area contributed by atoms with E-state index in [4.69, 9.17) is 38.3 Å². The minimum Gasteiger partial charge on any atom is -0.494 e. The molecule has 3 amide bonds. The Labute approximate surface area is 388 Å². The highest BCUT2D eigenvalue weighted by molar-refractivity contribution is 6.07. The molecule has 5 heterocycles. The van der Waals surface area contributed by atoms with Gasteiger partial charge in [0, 0.05) is 43.1 Å². The lowest BCUT2D eigenvalue weighted by molar-refractivity contribution is -0.143. The SMILES string of the molecule is CCOc1ccc(C[C@@H](NC(=O)Oc2c[nH]c3c(-c4c(OCC5CC5)ccc5c4OCO5)ncnc23)C(=O)N2CCC(N3N=C(c4ccc(OC)c(OC)c4)[C@H]4CCCC[C@H]4C3=O)CC2)cc1. The number of benzene rings is 3. The molecule has 0 unspecified atom stereocenters. The summed E-state index contributed by atoms with van der Waals surface area (Å²) in [6.45, 7) is 3.80. The average Bonchev–Trinajstić information content (AvgIpc) is 3.92. The minimum atomic E-state index is -0.984. The molecule has 0 bridgehead atoms. The normalized spacial score (nSPS) is 19.6. The number of hydrogen-bond donors (Lipinski definition) is 2. The fourth-order valence-corrected chi connectivity index (χ4v) is 9.81. The van der Waals surface area contributed by atoms with Gasteiger partial charge in [-0.3, -0.25) is 9.59 Å². The first kappa shape index (κ1) is 43.8. The van der Waals surface area contributed by atoms with Crippen molar-refractivity contribution in [1.29, 1.82) is 0 Å². The summed E-state index contributed by atoms with van der Waals surface area (Å²) in [5.74, 6) is 3.90. The van der Waals surface area contributed by atoms with Gasteiger partial charge in [-0.1, -0.05) is 25.0 Å². The van der Waals surface area contributed by atoms with E-state index in [1.807, 2.05) is 61.5 Å². The lowest BCUT2D eigenvalue weighted by atomic mass is 9.73. The second-order valence-electron chi connectivity index (χ2n) is 17.7. The summed E-state index contributed by atoms with van der Waals surface area (Å²) in [6.07, 6.45) is 9.32. The van der Waals surface area contributed by atoms with Crippen molar-refractivity contribution in [3.8, 4) is 51.5 Å². The van der Waals surface area contributed by atoms with E-state index in [-0.39, 0.29) is 48.7 Å². The summed E-state index contributed by atoms with van der Waals surface area (Å²) in [5, 5.41) is 9.67. The van der Waals surface area contributed by atoms with Crippen LogP contribution in [0.1, 0.15) is 69.4 Å². The van der Waals surface area contributed by atoms with Crippen LogP contribution in [0.4, 0.5) is 4.79 Å². The number of hydrazone groups is 1. The number of amides is 3. The largest absolute Gasteiger partial charge is 0.494 e. The van der Waals surface area contributed by atoms with Gasteiger partial charge in [0.15, 0.2) is 28.7 Å². The van der Waals surface area contributed by atoms with Crippen LogP contribution in [0.5, 0.6) is 40.2 Å². The number of ether oxygens (including phenoxy) is 7. The lowest BCUT2D eigenvalue weighted by Gasteiger charge is -2.43. The van der Waals surface area contributed by atoms with E-state index in [1.54, 1.807) is 24.1 Å². The number of rotatable bonds is 15. The summed E-state index contributed by atoms with van der Waals surface area (Å²) in [6, 6.07) is 15.7. The highest BCUT2D eigenvalue weighted by atomic mass is 16.7. The number of H-pyrrole nitrogens is 1. The van der Waals surface area contributed by atoms with Crippen molar-refractivity contribution < 1.29 is 47.5 Å². The van der Waals surface area contributed by atoms with Crippen molar-refractivity contribution in [1.82, 2.24) is 30.2 Å². The van der Waals surface area contributed by atoms with Crippen molar-refractivity contribution in [3.63, 3.8) is 0 Å². The number of likely N-dealkylation sites (tertiary alicyclic amines) is 1. The van der Waals surface area contributed by atoms with E-state index in [2.05, 4.69) is 20.3 Å². The predicted molar refractivity (Wildman–Crippen MR) is 246 cm³/mol. The molecule has 2 N–H and O–H groups in total. The summed E-state index contributed by atoms with van der Waals surface area (Å²) in [4.78, 5) is 56.7. The molecule has 5 aromatic rings. The van der Waals surface area contributed by atoms with Crippen LogP contribution in [-0.2, 0) is 16.0 Å². The highest BCUT2D eigenvalue weighted by Crippen LogP contribution is 2.49. The molecule has 2 aliphatic carbocycles. The Morgan fingerprint density at radius 1 is 0.866 bits per heavy atom. The van der Waals surface area contributed by atoms with Gasteiger partial charge in [-0.25, -0.2) is 19.8 Å². The summed E-state index contributed by atoms with van der Waals surface area (Å²) in [7, 11) is 3.22. The molecular weight excluding hydrogens is 859 g/mol. The number of nitrogens with zero attached hydrogens (tertiary/aromatic N) is 5. The van der Waals surface area contributed by atoms with Crippen molar-refractivity contribution in [3.05, 3.63) is 78.2 Å². The molecule has 3 aromatic carbocycles. The van der Waals surface area contributed by atoms with E-state index in [0.717, 1.165) is 55.4 Å². The van der Waals surface area contributed by atoms with Crippen LogP contribution in [-0.4, -0.2) is 108 Å². The minimum absolute atomic E-state index is 0.0171. The molecule has 3 aliphatic heterocycles. The topological polar surface area (TPSA) is 188 Å². The van der Waals surface area contributed by atoms with Crippen LogP contribution in [0.15, 0.2) is 72.2 Å². The average molecular weight is 914 g/mol. The summed E-state index contributed by atoms with van der Waals surface area (Å²) >= 11 is 0. The molecular formula is C50H55N7O10. The Kier molecular flexibility index (Phi) is 12.5. The van der Waals surface area contributed by atoms with Gasteiger partial charge in [-0.15, -0.1) is 0 Å². The molecule has 5 aliphatic rings. The molecule has 3 fully saturated rings.